The molecule has 0 spiro atoms. The second-order valence-electron chi connectivity index (χ2n) is 3.43. The lowest BCUT2D eigenvalue weighted by molar-refractivity contribution is 0.985. The topological polar surface area (TPSA) is 12.0 Å². The molecule has 0 fully saturated rings. The standard InChI is InChI=1S/C12H12ClNS/c13-7-9-2-1-3-10(6-9)12-5-4-11(15)8-14-12/h1-6,14-15H,7-8H2. The third kappa shape index (κ3) is 2.58. The Hall–Kier alpha value is -0.860. The third-order valence-corrected chi connectivity index (χ3v) is 2.91. The molecule has 0 unspecified atom stereocenters. The van der Waals surface area contributed by atoms with Gasteiger partial charge in [-0.1, -0.05) is 18.2 Å². The van der Waals surface area contributed by atoms with E-state index in [1.165, 1.54) is 5.56 Å². The minimum Gasteiger partial charge on any atom is -0.380 e. The van der Waals surface area contributed by atoms with Crippen LogP contribution in [-0.2, 0) is 5.88 Å². The first-order valence-electron chi connectivity index (χ1n) is 4.78. The molecule has 1 aliphatic rings. The highest BCUT2D eigenvalue weighted by atomic mass is 35.5. The molecule has 2 rings (SSSR count). The number of dihydropyridines is 1. The number of halogens is 1. The Balaban J connectivity index is 2.30. The number of rotatable bonds is 2. The summed E-state index contributed by atoms with van der Waals surface area (Å²) in [4.78, 5) is 1.05. The molecule has 1 aromatic carbocycles. The van der Waals surface area contributed by atoms with Crippen molar-refractivity contribution in [1.82, 2.24) is 5.32 Å². The van der Waals surface area contributed by atoms with Crippen LogP contribution in [0.1, 0.15) is 11.1 Å². The molecule has 1 N–H and O–H groups in total. The molecule has 15 heavy (non-hydrogen) atoms. The van der Waals surface area contributed by atoms with Gasteiger partial charge in [0.05, 0.1) is 0 Å². The molecular formula is C12H12ClNS. The summed E-state index contributed by atoms with van der Waals surface area (Å²) < 4.78 is 0. The van der Waals surface area contributed by atoms with Crippen molar-refractivity contribution in [2.45, 2.75) is 5.88 Å². The summed E-state index contributed by atoms with van der Waals surface area (Å²) in [6.07, 6.45) is 4.06. The largest absolute Gasteiger partial charge is 0.380 e. The van der Waals surface area contributed by atoms with Gasteiger partial charge in [0, 0.05) is 23.0 Å². The van der Waals surface area contributed by atoms with Crippen LogP contribution in [0.3, 0.4) is 0 Å². The van der Waals surface area contributed by atoms with Gasteiger partial charge in [0.2, 0.25) is 0 Å². The number of allylic oxidation sites excluding steroid dienone is 2. The second-order valence-corrected chi connectivity index (χ2v) is 4.27. The maximum Gasteiger partial charge on any atom is 0.0474 e. The van der Waals surface area contributed by atoms with E-state index in [1.54, 1.807) is 0 Å². The summed E-state index contributed by atoms with van der Waals surface area (Å²) in [5.74, 6) is 0.550. The van der Waals surface area contributed by atoms with E-state index in [0.29, 0.717) is 5.88 Å². The maximum atomic E-state index is 5.80. The van der Waals surface area contributed by atoms with Crippen LogP contribution in [0.25, 0.3) is 5.70 Å². The lowest BCUT2D eigenvalue weighted by Gasteiger charge is -2.15. The molecule has 1 aliphatic heterocycles. The quantitative estimate of drug-likeness (QED) is 0.595. The van der Waals surface area contributed by atoms with Crippen LogP contribution in [0.5, 0.6) is 0 Å². The molecule has 0 bridgehead atoms. The highest BCUT2D eigenvalue weighted by Gasteiger charge is 2.05. The normalized spacial score (nSPS) is 15.3. The van der Waals surface area contributed by atoms with Crippen molar-refractivity contribution in [3.05, 3.63) is 52.4 Å². The summed E-state index contributed by atoms with van der Waals surface area (Å²) in [5.41, 5.74) is 3.43. The molecule has 0 radical (unpaired) electrons. The van der Waals surface area contributed by atoms with E-state index < -0.39 is 0 Å². The SMILES string of the molecule is SC1=CC=C(c2cccc(CCl)c2)NC1. The van der Waals surface area contributed by atoms with E-state index in [-0.39, 0.29) is 0 Å². The van der Waals surface area contributed by atoms with E-state index in [9.17, 15) is 0 Å². The molecule has 78 valence electrons. The van der Waals surface area contributed by atoms with Gasteiger partial charge in [-0.25, -0.2) is 0 Å². The Morgan fingerprint density at radius 2 is 2.20 bits per heavy atom. The van der Waals surface area contributed by atoms with Crippen molar-refractivity contribution in [2.24, 2.45) is 0 Å². The van der Waals surface area contributed by atoms with Crippen molar-refractivity contribution >= 4 is 29.9 Å². The van der Waals surface area contributed by atoms with Gasteiger partial charge < -0.3 is 5.32 Å². The minimum atomic E-state index is 0.550. The van der Waals surface area contributed by atoms with Gasteiger partial charge in [-0.3, -0.25) is 0 Å². The minimum absolute atomic E-state index is 0.550. The molecule has 1 nitrogen and oxygen atoms in total. The molecule has 0 atom stereocenters. The first-order valence-corrected chi connectivity index (χ1v) is 5.77. The fraction of sp³-hybridized carbons (Fsp3) is 0.167. The van der Waals surface area contributed by atoms with E-state index in [0.717, 1.165) is 22.7 Å². The molecule has 0 aromatic heterocycles. The van der Waals surface area contributed by atoms with Crippen LogP contribution >= 0.6 is 24.2 Å². The molecule has 1 heterocycles. The van der Waals surface area contributed by atoms with E-state index in [2.05, 4.69) is 30.1 Å². The summed E-state index contributed by atoms with van der Waals surface area (Å²) in [6, 6.07) is 8.23. The summed E-state index contributed by atoms with van der Waals surface area (Å²) in [5, 5.41) is 3.31. The van der Waals surface area contributed by atoms with E-state index >= 15 is 0 Å². The van der Waals surface area contributed by atoms with Gasteiger partial charge in [0.1, 0.15) is 0 Å². The van der Waals surface area contributed by atoms with Crippen LogP contribution in [0.2, 0.25) is 0 Å². The Labute approximate surface area is 100 Å². The van der Waals surface area contributed by atoms with Crippen molar-refractivity contribution in [2.75, 3.05) is 6.54 Å². The number of hydrogen-bond acceptors (Lipinski definition) is 2. The van der Waals surface area contributed by atoms with Crippen LogP contribution in [0, 0.1) is 0 Å². The van der Waals surface area contributed by atoms with Gasteiger partial charge in [-0.15, -0.1) is 24.2 Å². The zero-order valence-electron chi connectivity index (χ0n) is 8.20. The number of hydrogen-bond donors (Lipinski definition) is 2. The number of alkyl halides is 1. The van der Waals surface area contributed by atoms with Gasteiger partial charge in [0.15, 0.2) is 0 Å². The van der Waals surface area contributed by atoms with Gasteiger partial charge in [0.25, 0.3) is 0 Å². The van der Waals surface area contributed by atoms with Crippen molar-refractivity contribution in [1.29, 1.82) is 0 Å². The lowest BCUT2D eigenvalue weighted by atomic mass is 10.1. The molecule has 0 saturated carbocycles. The zero-order chi connectivity index (χ0) is 10.7. The van der Waals surface area contributed by atoms with E-state index in [1.807, 2.05) is 24.3 Å². The average molecular weight is 238 g/mol. The van der Waals surface area contributed by atoms with Crippen LogP contribution in [0.4, 0.5) is 0 Å². The fourth-order valence-electron chi connectivity index (χ4n) is 1.50. The third-order valence-electron chi connectivity index (χ3n) is 2.29. The van der Waals surface area contributed by atoms with Crippen molar-refractivity contribution in [3.63, 3.8) is 0 Å². The Morgan fingerprint density at radius 1 is 1.33 bits per heavy atom. The fourth-order valence-corrected chi connectivity index (χ4v) is 1.82. The molecule has 0 aliphatic carbocycles. The zero-order valence-corrected chi connectivity index (χ0v) is 9.85. The highest BCUT2D eigenvalue weighted by molar-refractivity contribution is 7.84. The second kappa shape index (κ2) is 4.77. The number of thiol groups is 1. The van der Waals surface area contributed by atoms with Gasteiger partial charge >= 0.3 is 0 Å². The summed E-state index contributed by atoms with van der Waals surface area (Å²) in [7, 11) is 0. The molecule has 0 saturated heterocycles. The predicted molar refractivity (Wildman–Crippen MR) is 69.0 cm³/mol. The van der Waals surface area contributed by atoms with Gasteiger partial charge in [-0.2, -0.15) is 0 Å². The molecular weight excluding hydrogens is 226 g/mol. The summed E-state index contributed by atoms with van der Waals surface area (Å²) >= 11 is 10.1. The Morgan fingerprint density at radius 3 is 2.87 bits per heavy atom. The lowest BCUT2D eigenvalue weighted by Crippen LogP contribution is -2.16. The number of nitrogens with one attached hydrogen (secondary N) is 1. The predicted octanol–water partition coefficient (Wildman–Crippen LogP) is 3.18. The number of benzene rings is 1. The van der Waals surface area contributed by atoms with Crippen LogP contribution in [-0.4, -0.2) is 6.54 Å². The molecule has 0 amide bonds. The highest BCUT2D eigenvalue weighted by Crippen LogP contribution is 2.18. The average Bonchev–Trinajstić information content (AvgIpc) is 2.30. The van der Waals surface area contributed by atoms with Crippen molar-refractivity contribution in [3.8, 4) is 0 Å². The molecule has 1 aromatic rings. The van der Waals surface area contributed by atoms with Crippen molar-refractivity contribution < 1.29 is 0 Å². The maximum absolute atomic E-state index is 5.80. The molecule has 3 heteroatoms. The first kappa shape index (κ1) is 10.7. The smallest absolute Gasteiger partial charge is 0.0474 e. The van der Waals surface area contributed by atoms with Crippen LogP contribution < -0.4 is 5.32 Å². The van der Waals surface area contributed by atoms with Crippen LogP contribution in [0.15, 0.2) is 41.3 Å². The van der Waals surface area contributed by atoms with E-state index in [4.69, 9.17) is 11.6 Å². The Kier molecular flexibility index (Phi) is 3.39. The first-order chi connectivity index (χ1) is 7.29. The Bertz CT molecular complexity index is 423. The monoisotopic (exact) mass is 237 g/mol. The summed E-state index contributed by atoms with van der Waals surface area (Å²) in [6.45, 7) is 0.792. The van der Waals surface area contributed by atoms with Gasteiger partial charge in [-0.05, 0) is 29.3 Å².